The Labute approximate surface area is 161 Å². The van der Waals surface area contributed by atoms with E-state index in [1.54, 1.807) is 7.11 Å². The zero-order valence-electron chi connectivity index (χ0n) is 16.5. The van der Waals surface area contributed by atoms with Gasteiger partial charge in [-0.15, -0.1) is 0 Å². The van der Waals surface area contributed by atoms with E-state index in [1.807, 2.05) is 25.1 Å². The molecule has 0 amide bonds. The standard InChI is InChI=1S/C20H31N5O2/c1-4-5-16(8-9-26)24-19-17(13(2)23-20(22)25-19)11-15-7-6-14(12-21)10-18(15)27-3/h6-7,10,16,26H,4-5,8-9,11-12,21H2,1-3H3,(H3,22,23,24,25)/t16-/m0/s1. The first kappa shape index (κ1) is 20.9. The molecule has 27 heavy (non-hydrogen) atoms. The highest BCUT2D eigenvalue weighted by atomic mass is 16.5. The minimum atomic E-state index is 0.126. The molecule has 0 spiro atoms. The van der Waals surface area contributed by atoms with E-state index in [0.29, 0.717) is 19.4 Å². The molecule has 0 aliphatic heterocycles. The van der Waals surface area contributed by atoms with Crippen molar-refractivity contribution in [3.05, 3.63) is 40.6 Å². The van der Waals surface area contributed by atoms with E-state index in [0.717, 1.165) is 46.8 Å². The third kappa shape index (κ3) is 5.55. The quantitative estimate of drug-likeness (QED) is 0.505. The lowest BCUT2D eigenvalue weighted by molar-refractivity contribution is 0.276. The third-order valence-electron chi connectivity index (χ3n) is 4.64. The minimum absolute atomic E-state index is 0.126. The summed E-state index contributed by atoms with van der Waals surface area (Å²) in [4.78, 5) is 8.77. The largest absolute Gasteiger partial charge is 0.496 e. The number of nitrogens with zero attached hydrogens (tertiary/aromatic N) is 2. The number of aryl methyl sites for hydroxylation is 1. The molecule has 0 aliphatic rings. The van der Waals surface area contributed by atoms with Gasteiger partial charge >= 0.3 is 0 Å². The highest BCUT2D eigenvalue weighted by Crippen LogP contribution is 2.28. The SMILES string of the molecule is CCC[C@@H](CCO)Nc1nc(N)nc(C)c1Cc1ccc(CN)cc1OC. The van der Waals surface area contributed by atoms with Crippen LogP contribution < -0.4 is 21.5 Å². The first-order chi connectivity index (χ1) is 13.0. The Hall–Kier alpha value is -2.38. The Kier molecular flexibility index (Phi) is 7.82. The van der Waals surface area contributed by atoms with Crippen LogP contribution in [0.1, 0.15) is 48.6 Å². The summed E-state index contributed by atoms with van der Waals surface area (Å²) in [6.07, 6.45) is 3.23. The molecule has 7 heteroatoms. The third-order valence-corrected chi connectivity index (χ3v) is 4.64. The molecule has 6 N–H and O–H groups in total. The molecule has 0 bridgehead atoms. The van der Waals surface area contributed by atoms with Gasteiger partial charge in [-0.2, -0.15) is 4.98 Å². The van der Waals surface area contributed by atoms with Crippen molar-refractivity contribution in [2.75, 3.05) is 24.8 Å². The maximum absolute atomic E-state index is 9.35. The number of aliphatic hydroxyl groups excluding tert-OH is 1. The maximum Gasteiger partial charge on any atom is 0.222 e. The Morgan fingerprint density at radius 3 is 2.67 bits per heavy atom. The molecule has 0 unspecified atom stereocenters. The molecule has 1 aromatic heterocycles. The number of aromatic nitrogens is 2. The topological polar surface area (TPSA) is 119 Å². The van der Waals surface area contributed by atoms with Crippen LogP contribution in [-0.4, -0.2) is 34.8 Å². The van der Waals surface area contributed by atoms with Crippen molar-refractivity contribution < 1.29 is 9.84 Å². The van der Waals surface area contributed by atoms with E-state index in [2.05, 4.69) is 22.2 Å². The molecule has 0 saturated carbocycles. The van der Waals surface area contributed by atoms with Crippen molar-refractivity contribution in [2.24, 2.45) is 5.73 Å². The molecule has 1 heterocycles. The molecule has 2 rings (SSSR count). The number of nitrogens with one attached hydrogen (secondary N) is 1. The highest BCUT2D eigenvalue weighted by Gasteiger charge is 2.17. The normalized spacial score (nSPS) is 12.0. The van der Waals surface area contributed by atoms with Gasteiger partial charge in [0.1, 0.15) is 11.6 Å². The van der Waals surface area contributed by atoms with Crippen LogP contribution in [-0.2, 0) is 13.0 Å². The highest BCUT2D eigenvalue weighted by molar-refractivity contribution is 5.53. The van der Waals surface area contributed by atoms with Crippen molar-refractivity contribution in [3.8, 4) is 5.75 Å². The number of rotatable bonds is 10. The number of hydrogen-bond donors (Lipinski definition) is 4. The fraction of sp³-hybridized carbons (Fsp3) is 0.500. The van der Waals surface area contributed by atoms with Crippen LogP contribution in [0.2, 0.25) is 0 Å². The van der Waals surface area contributed by atoms with Crippen molar-refractivity contribution in [3.63, 3.8) is 0 Å². The zero-order valence-corrected chi connectivity index (χ0v) is 16.5. The number of nitrogens with two attached hydrogens (primary N) is 2. The predicted molar refractivity (Wildman–Crippen MR) is 109 cm³/mol. The lowest BCUT2D eigenvalue weighted by atomic mass is 10.0. The van der Waals surface area contributed by atoms with E-state index in [4.69, 9.17) is 16.2 Å². The van der Waals surface area contributed by atoms with Gasteiger partial charge in [0.15, 0.2) is 0 Å². The first-order valence-electron chi connectivity index (χ1n) is 9.38. The monoisotopic (exact) mass is 373 g/mol. The van der Waals surface area contributed by atoms with Crippen LogP contribution in [0, 0.1) is 6.92 Å². The Morgan fingerprint density at radius 2 is 2.04 bits per heavy atom. The van der Waals surface area contributed by atoms with E-state index >= 15 is 0 Å². The average Bonchev–Trinajstić information content (AvgIpc) is 2.65. The van der Waals surface area contributed by atoms with Crippen molar-refractivity contribution in [2.45, 2.75) is 52.1 Å². The molecule has 0 aliphatic carbocycles. The van der Waals surface area contributed by atoms with Crippen molar-refractivity contribution in [1.29, 1.82) is 0 Å². The number of benzene rings is 1. The molecular weight excluding hydrogens is 342 g/mol. The number of anilines is 2. The average molecular weight is 374 g/mol. The summed E-state index contributed by atoms with van der Waals surface area (Å²) in [7, 11) is 1.66. The van der Waals surface area contributed by atoms with Gasteiger partial charge < -0.3 is 26.6 Å². The van der Waals surface area contributed by atoms with E-state index < -0.39 is 0 Å². The van der Waals surface area contributed by atoms with Gasteiger partial charge in [0.25, 0.3) is 0 Å². The molecule has 0 radical (unpaired) electrons. The molecule has 148 valence electrons. The van der Waals surface area contributed by atoms with Gasteiger partial charge in [0.2, 0.25) is 5.95 Å². The summed E-state index contributed by atoms with van der Waals surface area (Å²) < 4.78 is 5.55. The molecule has 1 atom stereocenters. The van der Waals surface area contributed by atoms with Crippen molar-refractivity contribution >= 4 is 11.8 Å². The molecule has 0 fully saturated rings. The second-order valence-electron chi connectivity index (χ2n) is 6.66. The van der Waals surface area contributed by atoms with E-state index in [-0.39, 0.29) is 18.6 Å². The zero-order chi connectivity index (χ0) is 19.8. The lowest BCUT2D eigenvalue weighted by Gasteiger charge is -2.21. The Balaban J connectivity index is 2.38. The maximum atomic E-state index is 9.35. The fourth-order valence-electron chi connectivity index (χ4n) is 3.19. The summed E-state index contributed by atoms with van der Waals surface area (Å²) in [5, 5.41) is 12.8. The van der Waals surface area contributed by atoms with Crippen LogP contribution in [0.25, 0.3) is 0 Å². The summed E-state index contributed by atoms with van der Waals surface area (Å²) in [6.45, 7) is 4.64. The summed E-state index contributed by atoms with van der Waals surface area (Å²) in [6, 6.07) is 6.12. The molecule has 2 aromatic rings. The van der Waals surface area contributed by atoms with Gasteiger partial charge in [-0.25, -0.2) is 4.98 Å². The minimum Gasteiger partial charge on any atom is -0.496 e. The molecular formula is C20H31N5O2. The van der Waals surface area contributed by atoms with Crippen LogP contribution in [0.4, 0.5) is 11.8 Å². The van der Waals surface area contributed by atoms with Gasteiger partial charge in [-0.1, -0.05) is 25.5 Å². The fourth-order valence-corrected chi connectivity index (χ4v) is 3.19. The van der Waals surface area contributed by atoms with Gasteiger partial charge in [0, 0.05) is 36.9 Å². The lowest BCUT2D eigenvalue weighted by Crippen LogP contribution is -2.23. The number of hydrogen-bond acceptors (Lipinski definition) is 7. The van der Waals surface area contributed by atoms with E-state index in [9.17, 15) is 5.11 Å². The van der Waals surface area contributed by atoms with Crippen LogP contribution in [0.5, 0.6) is 5.75 Å². The number of methoxy groups -OCH3 is 1. The molecule has 0 saturated heterocycles. The summed E-state index contributed by atoms with van der Waals surface area (Å²) in [5.74, 6) is 1.75. The number of nitrogen functional groups attached to an aromatic ring is 1. The van der Waals surface area contributed by atoms with Crippen LogP contribution in [0.15, 0.2) is 18.2 Å². The van der Waals surface area contributed by atoms with Crippen molar-refractivity contribution in [1.82, 2.24) is 9.97 Å². The summed E-state index contributed by atoms with van der Waals surface area (Å²) in [5.41, 5.74) is 15.5. The van der Waals surface area contributed by atoms with Gasteiger partial charge in [-0.05, 0) is 37.0 Å². The number of ether oxygens (including phenoxy) is 1. The van der Waals surface area contributed by atoms with Gasteiger partial charge in [0.05, 0.1) is 7.11 Å². The Morgan fingerprint density at radius 1 is 1.26 bits per heavy atom. The smallest absolute Gasteiger partial charge is 0.222 e. The molecule has 1 aromatic carbocycles. The second kappa shape index (κ2) is 10.1. The summed E-state index contributed by atoms with van der Waals surface area (Å²) >= 11 is 0. The van der Waals surface area contributed by atoms with E-state index in [1.165, 1.54) is 0 Å². The van der Waals surface area contributed by atoms with Crippen LogP contribution >= 0.6 is 0 Å². The van der Waals surface area contributed by atoms with Crippen LogP contribution in [0.3, 0.4) is 0 Å². The van der Waals surface area contributed by atoms with Gasteiger partial charge in [-0.3, -0.25) is 0 Å². The molecule has 7 nitrogen and oxygen atoms in total. The first-order valence-corrected chi connectivity index (χ1v) is 9.38. The predicted octanol–water partition coefficient (Wildman–Crippen LogP) is 2.39. The number of aliphatic hydroxyl groups is 1. The Bertz CT molecular complexity index is 745. The second-order valence-corrected chi connectivity index (χ2v) is 6.66.